The van der Waals surface area contributed by atoms with Crippen LogP contribution in [0.1, 0.15) is 46.1 Å². The summed E-state index contributed by atoms with van der Waals surface area (Å²) in [4.78, 5) is 4.11. The van der Waals surface area contributed by atoms with Gasteiger partial charge in [-0.05, 0) is 64.7 Å². The van der Waals surface area contributed by atoms with E-state index in [2.05, 4.69) is 55.4 Å². The molecule has 4 heteroatoms. The summed E-state index contributed by atoms with van der Waals surface area (Å²) in [7, 11) is 0. The topological polar surface area (TPSA) is 46.2 Å². The highest BCUT2D eigenvalue weighted by molar-refractivity contribution is 5.12. The smallest absolute Gasteiger partial charge is 0.0623 e. The van der Waals surface area contributed by atoms with Gasteiger partial charge in [-0.3, -0.25) is 4.98 Å². The number of hydrogen-bond acceptors (Lipinski definition) is 4. The van der Waals surface area contributed by atoms with Gasteiger partial charge in [0.25, 0.3) is 0 Å². The summed E-state index contributed by atoms with van der Waals surface area (Å²) in [5.74, 6) is 0.554. The Labute approximate surface area is 140 Å². The highest BCUT2D eigenvalue weighted by Gasteiger charge is 2.39. The number of ether oxygens (including phenoxy) is 1. The van der Waals surface area contributed by atoms with Gasteiger partial charge in [-0.15, -0.1) is 0 Å². The van der Waals surface area contributed by atoms with Gasteiger partial charge in [-0.1, -0.05) is 0 Å². The van der Waals surface area contributed by atoms with Crippen molar-refractivity contribution in [1.29, 1.82) is 0 Å². The van der Waals surface area contributed by atoms with E-state index in [1.807, 2.05) is 12.4 Å². The van der Waals surface area contributed by atoms with Gasteiger partial charge in [0.1, 0.15) is 0 Å². The first-order valence-corrected chi connectivity index (χ1v) is 8.85. The van der Waals surface area contributed by atoms with Gasteiger partial charge in [0.2, 0.25) is 0 Å². The van der Waals surface area contributed by atoms with E-state index in [-0.39, 0.29) is 11.1 Å². The van der Waals surface area contributed by atoms with E-state index in [0.717, 1.165) is 32.5 Å². The van der Waals surface area contributed by atoms with Crippen molar-refractivity contribution in [1.82, 2.24) is 15.6 Å². The Bertz CT molecular complexity index is 499. The number of pyridine rings is 1. The maximum Gasteiger partial charge on any atom is 0.0623 e. The monoisotopic (exact) mass is 317 g/mol. The Balaban J connectivity index is 1.62. The third-order valence-corrected chi connectivity index (χ3v) is 5.09. The van der Waals surface area contributed by atoms with Crippen LogP contribution >= 0.6 is 0 Å². The molecule has 23 heavy (non-hydrogen) atoms. The molecular formula is C19H31N3O. The molecule has 3 heterocycles. The molecule has 3 rings (SSSR count). The van der Waals surface area contributed by atoms with E-state index in [1.54, 1.807) is 0 Å². The van der Waals surface area contributed by atoms with Crippen molar-refractivity contribution in [2.45, 2.75) is 70.1 Å². The van der Waals surface area contributed by atoms with Crippen molar-refractivity contribution in [3.05, 3.63) is 30.1 Å². The lowest BCUT2D eigenvalue weighted by Gasteiger charge is -2.47. The van der Waals surface area contributed by atoms with E-state index in [0.29, 0.717) is 18.0 Å². The van der Waals surface area contributed by atoms with Crippen LogP contribution in [-0.2, 0) is 11.2 Å². The highest BCUT2D eigenvalue weighted by atomic mass is 16.5. The highest BCUT2D eigenvalue weighted by Crippen LogP contribution is 2.30. The molecule has 2 fully saturated rings. The lowest BCUT2D eigenvalue weighted by molar-refractivity contribution is 0.132. The minimum absolute atomic E-state index is 0.180. The van der Waals surface area contributed by atoms with Crippen LogP contribution in [0.2, 0.25) is 0 Å². The molecule has 0 saturated carbocycles. The molecule has 0 unspecified atom stereocenters. The van der Waals surface area contributed by atoms with Crippen LogP contribution in [0.3, 0.4) is 0 Å². The largest absolute Gasteiger partial charge is 0.379 e. The Morgan fingerprint density at radius 2 is 1.78 bits per heavy atom. The number of hydrogen-bond donors (Lipinski definition) is 2. The van der Waals surface area contributed by atoms with Gasteiger partial charge in [-0.25, -0.2) is 0 Å². The van der Waals surface area contributed by atoms with Crippen LogP contribution in [0.15, 0.2) is 24.5 Å². The maximum atomic E-state index is 5.79. The number of rotatable bonds is 4. The summed E-state index contributed by atoms with van der Waals surface area (Å²) in [6.07, 6.45) is 7.15. The third kappa shape index (κ3) is 4.52. The van der Waals surface area contributed by atoms with Crippen LogP contribution in [0.25, 0.3) is 0 Å². The molecule has 1 aromatic rings. The second-order valence-corrected chi connectivity index (χ2v) is 8.63. The molecule has 0 bridgehead atoms. The molecule has 0 aromatic carbocycles. The number of nitrogens with one attached hydrogen (secondary N) is 2. The SMILES string of the molecule is CC1(C)CC(N[C@@H]2COC[C@H]2Cc2ccncc2)CC(C)(C)N1. The van der Waals surface area contributed by atoms with Crippen molar-refractivity contribution in [3.63, 3.8) is 0 Å². The van der Waals surface area contributed by atoms with Gasteiger partial charge >= 0.3 is 0 Å². The zero-order valence-corrected chi connectivity index (χ0v) is 14.9. The molecule has 0 aliphatic carbocycles. The standard InChI is InChI=1S/C19H31N3O/c1-18(2)10-16(11-19(3,4)22-18)21-17-13-23-12-15(17)9-14-5-7-20-8-6-14/h5-8,15-17,21-22H,9-13H2,1-4H3/t15-,17-/m1/s1. The maximum absolute atomic E-state index is 5.79. The molecule has 4 nitrogen and oxygen atoms in total. The molecule has 1 aromatic heterocycles. The summed E-state index contributed by atoms with van der Waals surface area (Å²) in [6.45, 7) is 10.9. The van der Waals surface area contributed by atoms with E-state index < -0.39 is 0 Å². The lowest BCUT2D eigenvalue weighted by atomic mass is 9.79. The quantitative estimate of drug-likeness (QED) is 0.896. The molecule has 0 amide bonds. The van der Waals surface area contributed by atoms with Crippen molar-refractivity contribution < 1.29 is 4.74 Å². The van der Waals surface area contributed by atoms with Gasteiger partial charge in [0, 0.05) is 41.5 Å². The molecule has 0 radical (unpaired) electrons. The second-order valence-electron chi connectivity index (χ2n) is 8.63. The summed E-state index contributed by atoms with van der Waals surface area (Å²) >= 11 is 0. The van der Waals surface area contributed by atoms with E-state index in [1.165, 1.54) is 5.56 Å². The fraction of sp³-hybridized carbons (Fsp3) is 0.737. The molecule has 2 atom stereocenters. The van der Waals surface area contributed by atoms with Crippen LogP contribution in [-0.4, -0.2) is 41.4 Å². The summed E-state index contributed by atoms with van der Waals surface area (Å²) in [6, 6.07) is 5.24. The molecule has 128 valence electrons. The lowest BCUT2D eigenvalue weighted by Crippen LogP contribution is -2.63. The van der Waals surface area contributed by atoms with Gasteiger partial charge in [-0.2, -0.15) is 0 Å². The molecule has 0 spiro atoms. The Kier molecular flexibility index (Phi) is 4.77. The van der Waals surface area contributed by atoms with E-state index in [4.69, 9.17) is 4.74 Å². The minimum atomic E-state index is 0.180. The van der Waals surface area contributed by atoms with E-state index in [9.17, 15) is 0 Å². The first-order valence-electron chi connectivity index (χ1n) is 8.85. The Morgan fingerprint density at radius 3 is 2.43 bits per heavy atom. The molecule has 2 aliphatic heterocycles. The number of nitrogens with zero attached hydrogens (tertiary/aromatic N) is 1. The van der Waals surface area contributed by atoms with Crippen LogP contribution < -0.4 is 10.6 Å². The molecular weight excluding hydrogens is 286 g/mol. The fourth-order valence-electron chi connectivity index (χ4n) is 4.55. The van der Waals surface area contributed by atoms with Crippen molar-refractivity contribution in [2.24, 2.45) is 5.92 Å². The minimum Gasteiger partial charge on any atom is -0.379 e. The summed E-state index contributed by atoms with van der Waals surface area (Å²) in [5, 5.41) is 7.68. The van der Waals surface area contributed by atoms with Gasteiger partial charge in [0.05, 0.1) is 13.2 Å². The molecule has 2 aliphatic rings. The third-order valence-electron chi connectivity index (χ3n) is 5.09. The fourth-order valence-corrected chi connectivity index (χ4v) is 4.55. The molecule has 2 saturated heterocycles. The van der Waals surface area contributed by atoms with Crippen LogP contribution in [0.5, 0.6) is 0 Å². The van der Waals surface area contributed by atoms with Gasteiger partial charge < -0.3 is 15.4 Å². The van der Waals surface area contributed by atoms with Crippen molar-refractivity contribution in [2.75, 3.05) is 13.2 Å². The normalized spacial score (nSPS) is 30.4. The zero-order valence-electron chi connectivity index (χ0n) is 14.9. The van der Waals surface area contributed by atoms with Crippen LogP contribution in [0.4, 0.5) is 0 Å². The average molecular weight is 317 g/mol. The Morgan fingerprint density at radius 1 is 1.13 bits per heavy atom. The Hall–Kier alpha value is -0.970. The predicted octanol–water partition coefficient (Wildman–Crippen LogP) is 2.54. The summed E-state index contributed by atoms with van der Waals surface area (Å²) < 4.78 is 5.79. The first kappa shape index (κ1) is 16.9. The van der Waals surface area contributed by atoms with Crippen molar-refractivity contribution in [3.8, 4) is 0 Å². The average Bonchev–Trinajstić information content (AvgIpc) is 2.83. The zero-order chi connectivity index (χ0) is 16.5. The first-order chi connectivity index (χ1) is 10.8. The second kappa shape index (κ2) is 6.50. The van der Waals surface area contributed by atoms with E-state index >= 15 is 0 Å². The predicted molar refractivity (Wildman–Crippen MR) is 93.5 cm³/mol. The van der Waals surface area contributed by atoms with Crippen molar-refractivity contribution >= 4 is 0 Å². The van der Waals surface area contributed by atoms with Gasteiger partial charge in [0.15, 0.2) is 0 Å². The molecule has 2 N–H and O–H groups in total. The number of aromatic nitrogens is 1. The summed E-state index contributed by atoms with van der Waals surface area (Å²) in [5.41, 5.74) is 1.71. The van der Waals surface area contributed by atoms with Crippen LogP contribution in [0, 0.1) is 5.92 Å². The number of piperidine rings is 1.